The monoisotopic (exact) mass is 998 g/mol. The van der Waals surface area contributed by atoms with Crippen LogP contribution in [0.1, 0.15) is 61.5 Å². The van der Waals surface area contributed by atoms with Gasteiger partial charge in [-0.25, -0.2) is 4.98 Å². The molecule has 3 fully saturated rings. The number of imidazole rings is 1. The Bertz CT molecular complexity index is 2580. The van der Waals surface area contributed by atoms with Crippen molar-refractivity contribution in [3.05, 3.63) is 136 Å². The molecule has 5 atom stereocenters. The summed E-state index contributed by atoms with van der Waals surface area (Å²) in [6, 6.07) is 28.9. The smallest absolute Gasteiger partial charge is 0.226 e. The molecule has 1 aromatic heterocycles. The average Bonchev–Trinajstić information content (AvgIpc) is 3.92. The normalized spacial score (nSPS) is 22.8. The number of carbonyl (C=O) groups excluding carboxylic acids is 4. The zero-order valence-electron chi connectivity index (χ0n) is 39.3. The number of aliphatic hydroxyl groups is 1. The van der Waals surface area contributed by atoms with Gasteiger partial charge in [0.05, 0.1) is 61.1 Å². The van der Waals surface area contributed by atoms with Gasteiger partial charge in [0.25, 0.3) is 0 Å². The van der Waals surface area contributed by atoms with E-state index in [9.17, 15) is 19.5 Å². The number of methoxy groups -OCH3 is 1. The second-order valence-electron chi connectivity index (χ2n) is 18.7. The number of fused-ring (bicyclic) bond motifs is 2. The molecular formula is C53H61Cl3N6O7. The third-order valence-corrected chi connectivity index (χ3v) is 14.2. The Hall–Kier alpha value is -5.28. The van der Waals surface area contributed by atoms with Crippen LogP contribution in [0.2, 0.25) is 10.0 Å². The van der Waals surface area contributed by atoms with Gasteiger partial charge >= 0.3 is 0 Å². The van der Waals surface area contributed by atoms with Gasteiger partial charge in [-0.2, -0.15) is 0 Å². The van der Waals surface area contributed by atoms with Gasteiger partial charge in [-0.05, 0) is 98.7 Å². The number of hydrogen-bond donors (Lipinski definition) is 2. The number of halogens is 3. The Morgan fingerprint density at radius 3 is 2.32 bits per heavy atom. The second-order valence-corrected chi connectivity index (χ2v) is 19.6. The number of β-amino-alcohol motifs (C(OH)–C–C–N with tert-alkyl or cyclic N) is 1. The molecule has 366 valence electrons. The van der Waals surface area contributed by atoms with Crippen LogP contribution in [0.5, 0.6) is 11.5 Å². The minimum absolute atomic E-state index is 0. The van der Waals surface area contributed by atoms with Gasteiger partial charge in [0, 0.05) is 74.4 Å². The number of nitrogens with zero attached hydrogens (tertiary/aromatic N) is 5. The van der Waals surface area contributed by atoms with Gasteiger partial charge in [-0.1, -0.05) is 71.7 Å². The van der Waals surface area contributed by atoms with Crippen LogP contribution in [0.25, 0.3) is 11.3 Å². The molecule has 5 aromatic rings. The molecule has 4 aromatic carbocycles. The molecule has 69 heavy (non-hydrogen) atoms. The lowest BCUT2D eigenvalue weighted by Crippen LogP contribution is -2.63. The number of rotatable bonds is 13. The summed E-state index contributed by atoms with van der Waals surface area (Å²) in [5.41, 5.74) is 3.47. The van der Waals surface area contributed by atoms with Crippen molar-refractivity contribution in [1.29, 1.82) is 0 Å². The van der Waals surface area contributed by atoms with Crippen LogP contribution < -0.4 is 10.1 Å². The molecule has 0 aliphatic carbocycles. The van der Waals surface area contributed by atoms with E-state index in [1.54, 1.807) is 30.0 Å². The number of Topliss-reactive ketones (excluding diaryl/α,β-unsaturated/α-hetero) is 1. The van der Waals surface area contributed by atoms with Crippen molar-refractivity contribution in [2.45, 2.75) is 82.6 Å². The van der Waals surface area contributed by atoms with E-state index in [0.717, 1.165) is 41.2 Å². The molecule has 0 radical (unpaired) electrons. The van der Waals surface area contributed by atoms with Crippen LogP contribution in [-0.4, -0.2) is 110 Å². The van der Waals surface area contributed by atoms with Gasteiger partial charge in [-0.15, -0.1) is 12.4 Å². The topological polar surface area (TPSA) is 147 Å². The summed E-state index contributed by atoms with van der Waals surface area (Å²) in [6.07, 6.45) is 3.95. The highest BCUT2D eigenvalue weighted by Gasteiger charge is 2.43. The highest BCUT2D eigenvalue weighted by atomic mass is 35.5. The second kappa shape index (κ2) is 23.1. The molecule has 3 amide bonds. The molecule has 13 nitrogen and oxygen atoms in total. The third-order valence-electron chi connectivity index (χ3n) is 13.7. The fourth-order valence-corrected chi connectivity index (χ4v) is 10.2. The van der Waals surface area contributed by atoms with Gasteiger partial charge in [0.15, 0.2) is 5.78 Å². The molecule has 4 heterocycles. The maximum atomic E-state index is 15.0. The molecule has 16 heteroatoms. The highest BCUT2D eigenvalue weighted by Crippen LogP contribution is 2.34. The van der Waals surface area contributed by atoms with Gasteiger partial charge in [0.2, 0.25) is 17.7 Å². The van der Waals surface area contributed by atoms with Crippen LogP contribution in [0.15, 0.2) is 103 Å². The number of benzene rings is 4. The first kappa shape index (κ1) is 51.6. The first-order valence-corrected chi connectivity index (χ1v) is 24.2. The molecule has 3 aliphatic heterocycles. The van der Waals surface area contributed by atoms with E-state index in [4.69, 9.17) is 32.7 Å². The van der Waals surface area contributed by atoms with E-state index in [2.05, 4.69) is 19.8 Å². The van der Waals surface area contributed by atoms with Crippen molar-refractivity contribution in [3.63, 3.8) is 0 Å². The largest absolute Gasteiger partial charge is 0.457 e. The van der Waals surface area contributed by atoms with Crippen molar-refractivity contribution >= 4 is 59.1 Å². The zero-order valence-corrected chi connectivity index (χ0v) is 41.6. The van der Waals surface area contributed by atoms with E-state index in [0.29, 0.717) is 72.4 Å². The number of piperidine rings is 1. The minimum Gasteiger partial charge on any atom is -0.457 e. The Morgan fingerprint density at radius 2 is 1.61 bits per heavy atom. The standard InChI is InChI=1S/C53H60Cl2N6O7.ClH/c1-35-47(63)25-41(33-67-3)51(65)57-53(28-37-10-15-42(54)16-11-37)21-7-22-60(34-53)52(66)40(24-36-8-5-4-6-9-36)26-50(64)61(35)30-39-12-17-43(55)27-48(39)68-45-18-13-38(14-19-45)46-29-56-49(58(46)2)32-59-23-20-44(62)31-59;/h4-6,8-19,27,29,35,40-41,44,62H,7,20-26,28,30-34H2,1-3H3,(H,57,65);1H/t35-,40+,41-,44-,53+;/m0./s1. The Kier molecular flexibility index (Phi) is 17.3. The summed E-state index contributed by atoms with van der Waals surface area (Å²) < 4.78 is 14.1. The summed E-state index contributed by atoms with van der Waals surface area (Å²) in [7, 11) is 3.48. The highest BCUT2D eigenvalue weighted by molar-refractivity contribution is 6.31. The summed E-state index contributed by atoms with van der Waals surface area (Å²) in [5.74, 6) is -1.03. The number of aromatic nitrogens is 2. The van der Waals surface area contributed by atoms with E-state index >= 15 is 4.79 Å². The lowest BCUT2D eigenvalue weighted by Gasteiger charge is -2.45. The van der Waals surface area contributed by atoms with E-state index in [-0.39, 0.29) is 74.6 Å². The molecule has 2 N–H and O–H groups in total. The molecule has 2 bridgehead atoms. The SMILES string of the molecule is COC[C@@H]1CC(=O)[C@H](C)N(Cc2ccc(Cl)cc2Oc2ccc(-c3cnc(CN4CC[C@H](O)C4)n3C)cc2)C(=O)C[C@@H](Cc2ccccc2)C(=O)N2CCC[C@@](Cc3ccc(Cl)cc3)(C2)NC1=O.Cl. The summed E-state index contributed by atoms with van der Waals surface area (Å²) in [6.45, 7) is 4.43. The molecule has 0 saturated carbocycles. The number of ether oxygens (including phenoxy) is 2. The summed E-state index contributed by atoms with van der Waals surface area (Å²) in [5, 5.41) is 14.3. The molecule has 0 unspecified atom stereocenters. The first-order valence-electron chi connectivity index (χ1n) is 23.4. The zero-order chi connectivity index (χ0) is 48.0. The van der Waals surface area contributed by atoms with E-state index in [1.165, 1.54) is 12.0 Å². The quantitative estimate of drug-likeness (QED) is 0.120. The van der Waals surface area contributed by atoms with Crippen molar-refractivity contribution < 1.29 is 33.8 Å². The minimum atomic E-state index is -0.991. The predicted molar refractivity (Wildman–Crippen MR) is 268 cm³/mol. The van der Waals surface area contributed by atoms with Crippen molar-refractivity contribution in [2.24, 2.45) is 18.9 Å². The van der Waals surface area contributed by atoms with Gasteiger partial charge in [-0.3, -0.25) is 24.1 Å². The maximum Gasteiger partial charge on any atom is 0.226 e. The van der Waals surface area contributed by atoms with Crippen LogP contribution in [-0.2, 0) is 56.9 Å². The lowest BCUT2D eigenvalue weighted by molar-refractivity contribution is -0.147. The fourth-order valence-electron chi connectivity index (χ4n) is 9.93. The maximum absolute atomic E-state index is 15.0. The number of amides is 3. The van der Waals surface area contributed by atoms with E-state index in [1.807, 2.05) is 92.1 Å². The van der Waals surface area contributed by atoms with Crippen LogP contribution >= 0.6 is 35.6 Å². The van der Waals surface area contributed by atoms with Crippen LogP contribution in [0.4, 0.5) is 0 Å². The summed E-state index contributed by atoms with van der Waals surface area (Å²) in [4.78, 5) is 69.2. The van der Waals surface area contributed by atoms with Crippen LogP contribution in [0.3, 0.4) is 0 Å². The number of carbonyl (C=O) groups is 4. The van der Waals surface area contributed by atoms with Crippen LogP contribution in [0, 0.1) is 11.8 Å². The van der Waals surface area contributed by atoms with Gasteiger partial charge < -0.3 is 34.3 Å². The Labute approximate surface area is 420 Å². The fraction of sp³-hybridized carbons (Fsp3) is 0.415. The average molecular weight is 1000 g/mol. The van der Waals surface area contributed by atoms with Gasteiger partial charge in [0.1, 0.15) is 17.3 Å². The third kappa shape index (κ3) is 12.7. The molecule has 8 rings (SSSR count). The Balaban J connectivity index is 0.00000703. The molecule has 3 saturated heterocycles. The lowest BCUT2D eigenvalue weighted by atomic mass is 9.81. The van der Waals surface area contributed by atoms with E-state index < -0.39 is 23.4 Å². The first-order chi connectivity index (χ1) is 32.8. The predicted octanol–water partition coefficient (Wildman–Crippen LogP) is 8.10. The van der Waals surface area contributed by atoms with Crippen molar-refractivity contribution in [3.8, 4) is 22.8 Å². The molecule has 0 spiro atoms. The number of nitrogens with one attached hydrogen (secondary N) is 1. The molecule has 3 aliphatic rings. The number of aliphatic hydroxyl groups excluding tert-OH is 1. The molecular weight excluding hydrogens is 939 g/mol. The number of likely N-dealkylation sites (tertiary alicyclic amines) is 1. The summed E-state index contributed by atoms with van der Waals surface area (Å²) >= 11 is 12.8. The Morgan fingerprint density at radius 1 is 0.870 bits per heavy atom. The number of ketones is 1. The number of hydrogen-bond acceptors (Lipinski definition) is 9. The van der Waals surface area contributed by atoms with Crippen molar-refractivity contribution in [1.82, 2.24) is 29.6 Å². The van der Waals surface area contributed by atoms with Crippen molar-refractivity contribution in [2.75, 3.05) is 39.9 Å².